The van der Waals surface area contributed by atoms with Gasteiger partial charge in [-0.05, 0) is 42.8 Å². The number of nitrogens with two attached hydrogens (primary N) is 1. The van der Waals surface area contributed by atoms with E-state index in [1.54, 1.807) is 54.0 Å². The molecule has 0 aliphatic carbocycles. The number of allylic oxidation sites excluding steroid dienone is 1. The number of anilines is 1. The second kappa shape index (κ2) is 10.7. The summed E-state index contributed by atoms with van der Waals surface area (Å²) in [5.74, 6) is 6.04. The molecular weight excluding hydrogens is 508 g/mol. The Morgan fingerprint density at radius 1 is 1.26 bits per heavy atom. The minimum absolute atomic E-state index is 0.252. The Hall–Kier alpha value is -4.80. The lowest BCUT2D eigenvalue weighted by Gasteiger charge is -2.24. The summed E-state index contributed by atoms with van der Waals surface area (Å²) in [5, 5.41) is 24.9. The van der Waals surface area contributed by atoms with E-state index in [4.69, 9.17) is 5.84 Å². The number of sulfonamides is 1. The molecular formula is C25H24N8O4S. The van der Waals surface area contributed by atoms with Crippen molar-refractivity contribution in [3.05, 3.63) is 100 Å². The first-order valence-corrected chi connectivity index (χ1v) is 12.8. The van der Waals surface area contributed by atoms with Gasteiger partial charge in [0, 0.05) is 62.0 Å². The maximum Gasteiger partial charge on any atom is 0.279 e. The predicted molar refractivity (Wildman–Crippen MR) is 141 cm³/mol. The van der Waals surface area contributed by atoms with E-state index < -0.39 is 14.9 Å². The number of pyridine rings is 2. The van der Waals surface area contributed by atoms with E-state index >= 15 is 0 Å². The van der Waals surface area contributed by atoms with Crippen LogP contribution in [0.5, 0.6) is 0 Å². The van der Waals surface area contributed by atoms with Crippen molar-refractivity contribution in [3.63, 3.8) is 0 Å². The van der Waals surface area contributed by atoms with Crippen molar-refractivity contribution in [3.8, 4) is 6.07 Å². The number of hydrogen-bond donors (Lipinski definition) is 1. The number of non-ortho nitro benzene ring substituents is 1. The van der Waals surface area contributed by atoms with Crippen molar-refractivity contribution in [2.75, 3.05) is 18.5 Å². The molecule has 0 bridgehead atoms. The van der Waals surface area contributed by atoms with Gasteiger partial charge in [-0.3, -0.25) is 15.1 Å². The summed E-state index contributed by atoms with van der Waals surface area (Å²) < 4.78 is 29.3. The number of aromatic nitrogens is 3. The fourth-order valence-corrected chi connectivity index (χ4v) is 5.17. The molecule has 38 heavy (non-hydrogen) atoms. The largest absolute Gasteiger partial charge is 0.373 e. The van der Waals surface area contributed by atoms with Gasteiger partial charge in [0.05, 0.1) is 34.0 Å². The molecule has 2 N–H and O–H groups in total. The second-order valence-electron chi connectivity index (χ2n) is 8.46. The number of hydrazine groups is 1. The zero-order valence-electron chi connectivity index (χ0n) is 20.6. The first kappa shape index (κ1) is 26.3. The van der Waals surface area contributed by atoms with Crippen LogP contribution in [0.1, 0.15) is 23.7 Å². The van der Waals surface area contributed by atoms with Crippen LogP contribution in [0.4, 0.5) is 11.4 Å². The Bertz CT molecular complexity index is 1680. The molecule has 0 saturated heterocycles. The summed E-state index contributed by atoms with van der Waals surface area (Å²) in [4.78, 5) is 16.4. The third-order valence-corrected chi connectivity index (χ3v) is 7.49. The van der Waals surface area contributed by atoms with Crippen LogP contribution < -0.4 is 10.7 Å². The maximum atomic E-state index is 13.6. The van der Waals surface area contributed by atoms with Crippen LogP contribution in [-0.2, 0) is 16.4 Å². The topological polar surface area (TPSA) is 164 Å². The van der Waals surface area contributed by atoms with Gasteiger partial charge in [0.15, 0.2) is 0 Å². The van der Waals surface area contributed by atoms with E-state index in [-0.39, 0.29) is 16.3 Å². The first-order valence-electron chi connectivity index (χ1n) is 11.4. The Kier molecular flexibility index (Phi) is 7.38. The van der Waals surface area contributed by atoms with E-state index in [1.165, 1.54) is 24.5 Å². The molecule has 0 radical (unpaired) electrons. The van der Waals surface area contributed by atoms with Gasteiger partial charge in [0.25, 0.3) is 15.7 Å². The zero-order chi connectivity index (χ0) is 27.4. The van der Waals surface area contributed by atoms with Crippen LogP contribution in [0.25, 0.3) is 11.1 Å². The molecule has 0 aliphatic rings. The molecule has 0 spiro atoms. The molecule has 0 amide bonds. The third-order valence-electron chi connectivity index (χ3n) is 5.95. The molecule has 1 aromatic carbocycles. The van der Waals surface area contributed by atoms with Gasteiger partial charge >= 0.3 is 0 Å². The number of benzene rings is 1. The van der Waals surface area contributed by atoms with E-state index in [0.717, 1.165) is 11.8 Å². The van der Waals surface area contributed by atoms with E-state index in [2.05, 4.69) is 16.2 Å². The number of nitro groups is 1. The molecule has 4 aromatic rings. The van der Waals surface area contributed by atoms with Crippen LogP contribution in [0.3, 0.4) is 0 Å². The average molecular weight is 533 g/mol. The van der Waals surface area contributed by atoms with Crippen molar-refractivity contribution >= 4 is 32.5 Å². The van der Waals surface area contributed by atoms with Crippen LogP contribution in [0, 0.1) is 21.4 Å². The standard InChI is InChI=1S/C25H24N8O4S/c1-18(22-16-29-31-12-8-19(15-26)13-24(22)31)17-32(27)38(36,37)25-14-21(33(34)35)6-7-23(25)30(2)11-9-20-5-3-4-10-28-20/h3-8,10,12-14,16-17H,9,11,27H2,1-2H3. The molecule has 0 saturated carbocycles. The van der Waals surface area contributed by atoms with Crippen molar-refractivity contribution in [2.45, 2.75) is 18.2 Å². The van der Waals surface area contributed by atoms with Crippen LogP contribution in [0.2, 0.25) is 0 Å². The molecule has 3 aromatic heterocycles. The van der Waals surface area contributed by atoms with Crippen molar-refractivity contribution < 1.29 is 13.3 Å². The fraction of sp³-hybridized carbons (Fsp3) is 0.160. The highest BCUT2D eigenvalue weighted by atomic mass is 32.2. The van der Waals surface area contributed by atoms with Crippen LogP contribution in [0.15, 0.2) is 78.2 Å². The summed E-state index contributed by atoms with van der Waals surface area (Å²) in [6.45, 7) is 2.05. The average Bonchev–Trinajstić information content (AvgIpc) is 3.35. The van der Waals surface area contributed by atoms with Crippen molar-refractivity contribution in [1.82, 2.24) is 19.0 Å². The Balaban J connectivity index is 1.70. The molecule has 13 heteroatoms. The fourth-order valence-electron chi connectivity index (χ4n) is 3.88. The zero-order valence-corrected chi connectivity index (χ0v) is 21.4. The van der Waals surface area contributed by atoms with Gasteiger partial charge in [-0.15, -0.1) is 0 Å². The van der Waals surface area contributed by atoms with Crippen molar-refractivity contribution in [2.24, 2.45) is 5.84 Å². The van der Waals surface area contributed by atoms with E-state index in [0.29, 0.717) is 39.6 Å². The number of fused-ring (bicyclic) bond motifs is 1. The molecule has 3 heterocycles. The molecule has 0 atom stereocenters. The summed E-state index contributed by atoms with van der Waals surface area (Å²) in [7, 11) is -2.72. The molecule has 0 aliphatic heterocycles. The summed E-state index contributed by atoms with van der Waals surface area (Å²) >= 11 is 0. The summed E-state index contributed by atoms with van der Waals surface area (Å²) in [6.07, 6.45) is 6.56. The van der Waals surface area contributed by atoms with E-state index in [9.17, 15) is 23.8 Å². The number of nitro benzene ring substituents is 1. The van der Waals surface area contributed by atoms with Gasteiger partial charge in [-0.1, -0.05) is 6.07 Å². The highest BCUT2D eigenvalue weighted by Crippen LogP contribution is 2.31. The Morgan fingerprint density at radius 2 is 2.05 bits per heavy atom. The highest BCUT2D eigenvalue weighted by Gasteiger charge is 2.28. The molecule has 0 fully saturated rings. The maximum absolute atomic E-state index is 13.6. The number of rotatable bonds is 9. The summed E-state index contributed by atoms with van der Waals surface area (Å²) in [5.41, 5.74) is 2.72. The lowest BCUT2D eigenvalue weighted by molar-refractivity contribution is -0.385. The Morgan fingerprint density at radius 3 is 2.74 bits per heavy atom. The van der Waals surface area contributed by atoms with Gasteiger partial charge in [0.1, 0.15) is 4.90 Å². The van der Waals surface area contributed by atoms with E-state index in [1.807, 2.05) is 12.1 Å². The minimum atomic E-state index is -4.41. The number of likely N-dealkylation sites (N-methyl/N-ethyl adjacent to an activating group) is 1. The smallest absolute Gasteiger partial charge is 0.279 e. The number of nitrogens with zero attached hydrogens (tertiary/aromatic N) is 7. The lowest BCUT2D eigenvalue weighted by atomic mass is 10.1. The van der Waals surface area contributed by atoms with Crippen LogP contribution in [-0.4, -0.2) is 45.9 Å². The van der Waals surface area contributed by atoms with Gasteiger partial charge in [-0.25, -0.2) is 14.8 Å². The summed E-state index contributed by atoms with van der Waals surface area (Å²) in [6, 6.07) is 14.5. The first-order chi connectivity index (χ1) is 18.1. The monoisotopic (exact) mass is 532 g/mol. The third kappa shape index (κ3) is 5.31. The van der Waals surface area contributed by atoms with Crippen molar-refractivity contribution in [1.29, 1.82) is 5.26 Å². The second-order valence-corrected chi connectivity index (χ2v) is 10.3. The quantitative estimate of drug-likeness (QED) is 0.194. The van der Waals surface area contributed by atoms with Crippen LogP contribution >= 0.6 is 0 Å². The predicted octanol–water partition coefficient (Wildman–Crippen LogP) is 3.11. The number of hydrogen-bond acceptors (Lipinski definition) is 9. The Labute approximate surface area is 219 Å². The SMILES string of the molecule is CC(=CN(N)S(=O)(=O)c1cc([N+](=O)[O-])ccc1N(C)CCc1ccccn1)c1cnn2ccc(C#N)cc12. The normalized spacial score (nSPS) is 11.8. The molecule has 4 rings (SSSR count). The molecule has 194 valence electrons. The van der Waals surface area contributed by atoms with Gasteiger partial charge in [-0.2, -0.15) is 18.8 Å². The molecule has 12 nitrogen and oxygen atoms in total. The minimum Gasteiger partial charge on any atom is -0.373 e. The van der Waals surface area contributed by atoms with Gasteiger partial charge in [0.2, 0.25) is 0 Å². The molecule has 0 unspecified atom stereocenters. The lowest BCUT2D eigenvalue weighted by Crippen LogP contribution is -2.34. The van der Waals surface area contributed by atoms with Gasteiger partial charge < -0.3 is 4.90 Å². The number of nitriles is 1. The highest BCUT2D eigenvalue weighted by molar-refractivity contribution is 7.89.